The lowest BCUT2D eigenvalue weighted by Crippen LogP contribution is -2.35. The zero-order valence-electron chi connectivity index (χ0n) is 13.4. The van der Waals surface area contributed by atoms with Gasteiger partial charge in [0.1, 0.15) is 0 Å². The fourth-order valence-electron chi connectivity index (χ4n) is 2.81. The Balaban J connectivity index is 1.92. The van der Waals surface area contributed by atoms with Gasteiger partial charge in [-0.05, 0) is 37.3 Å². The van der Waals surface area contributed by atoms with E-state index < -0.39 is 6.04 Å². The van der Waals surface area contributed by atoms with E-state index in [0.29, 0.717) is 30.5 Å². The topological polar surface area (TPSA) is 77.2 Å². The average Bonchev–Trinajstić information content (AvgIpc) is 2.55. The van der Waals surface area contributed by atoms with Gasteiger partial charge in [-0.3, -0.25) is 4.79 Å². The lowest BCUT2D eigenvalue weighted by molar-refractivity contribution is -0.117. The van der Waals surface area contributed by atoms with Crippen molar-refractivity contribution in [3.63, 3.8) is 0 Å². The number of amides is 1. The lowest BCUT2D eigenvalue weighted by atomic mass is 9.90. The molecule has 1 aliphatic carbocycles. The molecule has 0 aliphatic heterocycles. The smallest absolute Gasteiger partial charge is 0.242 e. The SMILES string of the molecule is CCCC(N)C(=O)Nc1ncccc1OCC1CCCCC1. The van der Waals surface area contributed by atoms with Gasteiger partial charge < -0.3 is 15.8 Å². The Morgan fingerprint density at radius 1 is 1.45 bits per heavy atom. The molecule has 1 aromatic heterocycles. The largest absolute Gasteiger partial charge is 0.489 e. The number of carbonyl (C=O) groups excluding carboxylic acids is 1. The summed E-state index contributed by atoms with van der Waals surface area (Å²) < 4.78 is 5.90. The molecule has 5 nitrogen and oxygen atoms in total. The van der Waals surface area contributed by atoms with E-state index in [0.717, 1.165) is 6.42 Å². The third-order valence-electron chi connectivity index (χ3n) is 4.15. The van der Waals surface area contributed by atoms with Gasteiger partial charge in [-0.25, -0.2) is 4.98 Å². The molecule has 22 heavy (non-hydrogen) atoms. The number of anilines is 1. The van der Waals surface area contributed by atoms with Crippen molar-refractivity contribution in [2.75, 3.05) is 11.9 Å². The summed E-state index contributed by atoms with van der Waals surface area (Å²) in [4.78, 5) is 16.2. The second-order valence-corrected chi connectivity index (χ2v) is 6.05. The zero-order chi connectivity index (χ0) is 15.8. The number of hydrogen-bond donors (Lipinski definition) is 2. The van der Waals surface area contributed by atoms with E-state index in [-0.39, 0.29) is 5.91 Å². The molecule has 0 spiro atoms. The molecule has 122 valence electrons. The van der Waals surface area contributed by atoms with Gasteiger partial charge in [0.05, 0.1) is 12.6 Å². The Morgan fingerprint density at radius 2 is 2.23 bits per heavy atom. The Labute approximate surface area is 132 Å². The Kier molecular flexibility index (Phi) is 6.65. The van der Waals surface area contributed by atoms with Crippen LogP contribution in [-0.2, 0) is 4.79 Å². The number of nitrogens with one attached hydrogen (secondary N) is 1. The van der Waals surface area contributed by atoms with Gasteiger partial charge in [-0.2, -0.15) is 0 Å². The van der Waals surface area contributed by atoms with Gasteiger partial charge in [0.15, 0.2) is 11.6 Å². The van der Waals surface area contributed by atoms with Crippen LogP contribution in [0.5, 0.6) is 5.75 Å². The number of aromatic nitrogens is 1. The van der Waals surface area contributed by atoms with Crippen LogP contribution < -0.4 is 15.8 Å². The summed E-state index contributed by atoms with van der Waals surface area (Å²) in [6.45, 7) is 2.70. The second-order valence-electron chi connectivity index (χ2n) is 6.05. The third-order valence-corrected chi connectivity index (χ3v) is 4.15. The number of nitrogens with zero attached hydrogens (tertiary/aromatic N) is 1. The molecule has 1 saturated carbocycles. The first kappa shape index (κ1) is 16.7. The highest BCUT2D eigenvalue weighted by Gasteiger charge is 2.17. The zero-order valence-corrected chi connectivity index (χ0v) is 13.4. The lowest BCUT2D eigenvalue weighted by Gasteiger charge is -2.22. The van der Waals surface area contributed by atoms with Gasteiger partial charge in [0.2, 0.25) is 5.91 Å². The van der Waals surface area contributed by atoms with E-state index in [9.17, 15) is 4.79 Å². The summed E-state index contributed by atoms with van der Waals surface area (Å²) in [6, 6.07) is 3.16. The fraction of sp³-hybridized carbons (Fsp3) is 0.647. The number of ether oxygens (including phenoxy) is 1. The van der Waals surface area contributed by atoms with E-state index in [1.54, 1.807) is 6.20 Å². The van der Waals surface area contributed by atoms with Crippen LogP contribution in [0.4, 0.5) is 5.82 Å². The van der Waals surface area contributed by atoms with Crippen molar-refractivity contribution in [3.05, 3.63) is 18.3 Å². The molecule has 0 bridgehead atoms. The van der Waals surface area contributed by atoms with E-state index >= 15 is 0 Å². The maximum atomic E-state index is 12.0. The van der Waals surface area contributed by atoms with Crippen LogP contribution in [0.2, 0.25) is 0 Å². The van der Waals surface area contributed by atoms with Gasteiger partial charge in [-0.15, -0.1) is 0 Å². The summed E-state index contributed by atoms with van der Waals surface area (Å²) in [7, 11) is 0. The van der Waals surface area contributed by atoms with E-state index in [1.807, 2.05) is 19.1 Å². The van der Waals surface area contributed by atoms with Crippen LogP contribution in [0.15, 0.2) is 18.3 Å². The minimum Gasteiger partial charge on any atom is -0.489 e. The van der Waals surface area contributed by atoms with E-state index in [2.05, 4.69) is 10.3 Å². The van der Waals surface area contributed by atoms with Crippen LogP contribution in [0.25, 0.3) is 0 Å². The van der Waals surface area contributed by atoms with Gasteiger partial charge >= 0.3 is 0 Å². The summed E-state index contributed by atoms with van der Waals surface area (Å²) in [5.74, 6) is 1.50. The predicted molar refractivity (Wildman–Crippen MR) is 87.8 cm³/mol. The van der Waals surface area contributed by atoms with Crippen molar-refractivity contribution in [2.24, 2.45) is 11.7 Å². The summed E-state index contributed by atoms with van der Waals surface area (Å²) in [5, 5.41) is 2.78. The highest BCUT2D eigenvalue weighted by Crippen LogP contribution is 2.27. The maximum Gasteiger partial charge on any atom is 0.242 e. The Morgan fingerprint density at radius 3 is 2.95 bits per heavy atom. The first-order valence-electron chi connectivity index (χ1n) is 8.35. The van der Waals surface area contributed by atoms with E-state index in [1.165, 1.54) is 32.1 Å². The normalized spacial score (nSPS) is 17.0. The maximum absolute atomic E-state index is 12.0. The number of carbonyl (C=O) groups is 1. The number of hydrogen-bond acceptors (Lipinski definition) is 4. The molecule has 3 N–H and O–H groups in total. The summed E-state index contributed by atoms with van der Waals surface area (Å²) in [6.07, 6.45) is 9.55. The monoisotopic (exact) mass is 305 g/mol. The number of nitrogens with two attached hydrogens (primary N) is 1. The van der Waals surface area contributed by atoms with Crippen molar-refractivity contribution >= 4 is 11.7 Å². The van der Waals surface area contributed by atoms with Crippen molar-refractivity contribution in [1.82, 2.24) is 4.98 Å². The fourth-order valence-corrected chi connectivity index (χ4v) is 2.81. The molecule has 0 saturated heterocycles. The highest BCUT2D eigenvalue weighted by molar-refractivity contribution is 5.94. The molecule has 0 radical (unpaired) electrons. The summed E-state index contributed by atoms with van der Waals surface area (Å²) >= 11 is 0. The molecule has 1 aliphatic rings. The Hall–Kier alpha value is -1.62. The Bertz CT molecular complexity index is 473. The molecule has 5 heteroatoms. The first-order valence-corrected chi connectivity index (χ1v) is 8.35. The molecule has 1 atom stereocenters. The van der Waals surface area contributed by atoms with Crippen molar-refractivity contribution < 1.29 is 9.53 Å². The quantitative estimate of drug-likeness (QED) is 0.811. The van der Waals surface area contributed by atoms with E-state index in [4.69, 9.17) is 10.5 Å². The molecule has 1 aromatic rings. The molecular formula is C17H27N3O2. The van der Waals surface area contributed by atoms with Crippen molar-refractivity contribution in [2.45, 2.75) is 57.9 Å². The van der Waals surface area contributed by atoms with Crippen molar-refractivity contribution in [1.29, 1.82) is 0 Å². The van der Waals surface area contributed by atoms with Gasteiger partial charge in [-0.1, -0.05) is 32.6 Å². The molecule has 0 aromatic carbocycles. The van der Waals surface area contributed by atoms with Gasteiger partial charge in [0, 0.05) is 6.20 Å². The average molecular weight is 305 g/mol. The predicted octanol–water partition coefficient (Wildman–Crippen LogP) is 3.11. The molecule has 1 unspecified atom stereocenters. The van der Waals surface area contributed by atoms with Crippen LogP contribution in [0.3, 0.4) is 0 Å². The molecule has 2 rings (SSSR count). The second kappa shape index (κ2) is 8.73. The molecule has 1 fully saturated rings. The summed E-state index contributed by atoms with van der Waals surface area (Å²) in [5.41, 5.74) is 5.84. The minimum atomic E-state index is -0.502. The highest BCUT2D eigenvalue weighted by atomic mass is 16.5. The number of pyridine rings is 1. The third kappa shape index (κ3) is 4.98. The standard InChI is InChI=1S/C17H27N3O2/c1-2-7-14(18)17(21)20-16-15(10-6-11-19-16)22-12-13-8-4-3-5-9-13/h6,10-11,13-14H,2-5,7-9,12,18H2,1H3,(H,19,20,21). The molecular weight excluding hydrogens is 278 g/mol. The van der Waals surface area contributed by atoms with Crippen molar-refractivity contribution in [3.8, 4) is 5.75 Å². The molecule has 1 amide bonds. The van der Waals surface area contributed by atoms with Crippen LogP contribution in [0.1, 0.15) is 51.9 Å². The number of rotatable bonds is 7. The first-order chi connectivity index (χ1) is 10.7. The van der Waals surface area contributed by atoms with Crippen LogP contribution in [-0.4, -0.2) is 23.5 Å². The van der Waals surface area contributed by atoms with Crippen LogP contribution in [0, 0.1) is 5.92 Å². The minimum absolute atomic E-state index is 0.205. The van der Waals surface area contributed by atoms with Crippen LogP contribution >= 0.6 is 0 Å². The van der Waals surface area contributed by atoms with Gasteiger partial charge in [0.25, 0.3) is 0 Å². The molecule has 1 heterocycles.